The van der Waals surface area contributed by atoms with Crippen molar-refractivity contribution in [3.05, 3.63) is 69.9 Å². The quantitative estimate of drug-likeness (QED) is 0.380. The van der Waals surface area contributed by atoms with Crippen LogP contribution in [0, 0.1) is 13.8 Å². The molecular formula is C28H26ClN7O4. The average molecular weight is 560 g/mol. The molecular weight excluding hydrogens is 534 g/mol. The van der Waals surface area contributed by atoms with Gasteiger partial charge in [0, 0.05) is 34.7 Å². The van der Waals surface area contributed by atoms with Gasteiger partial charge in [-0.15, -0.1) is 0 Å². The molecule has 6 rings (SSSR count). The highest BCUT2D eigenvalue weighted by atomic mass is 35.5. The summed E-state index contributed by atoms with van der Waals surface area (Å²) in [5.41, 5.74) is 2.50. The molecule has 0 saturated carbocycles. The molecule has 1 spiro atoms. The minimum Gasteiger partial charge on any atom is -0.480 e. The highest BCUT2D eigenvalue weighted by Gasteiger charge is 2.64. The number of amides is 2. The third kappa shape index (κ3) is 3.37. The number of nitrogens with zero attached hydrogens (tertiary/aromatic N) is 6. The first-order valence-electron chi connectivity index (χ1n) is 12.6. The summed E-state index contributed by atoms with van der Waals surface area (Å²) in [5, 5.41) is 3.43. The van der Waals surface area contributed by atoms with Crippen LogP contribution in [0.4, 0.5) is 11.4 Å². The Morgan fingerprint density at radius 2 is 1.80 bits per heavy atom. The number of anilines is 2. The lowest BCUT2D eigenvalue weighted by atomic mass is 9.86. The van der Waals surface area contributed by atoms with E-state index < -0.39 is 17.4 Å². The number of methoxy groups -OCH3 is 2. The zero-order chi connectivity index (χ0) is 28.5. The van der Waals surface area contributed by atoms with Crippen LogP contribution >= 0.6 is 11.6 Å². The van der Waals surface area contributed by atoms with Gasteiger partial charge in [0.05, 0.1) is 36.9 Å². The molecule has 0 aliphatic carbocycles. The number of benzene rings is 1. The van der Waals surface area contributed by atoms with Crippen molar-refractivity contribution in [1.29, 1.82) is 0 Å². The normalized spacial score (nSPS) is 17.4. The summed E-state index contributed by atoms with van der Waals surface area (Å²) in [6.45, 7) is 7.61. The van der Waals surface area contributed by atoms with Gasteiger partial charge in [-0.25, -0.2) is 9.97 Å². The Labute approximate surface area is 235 Å². The van der Waals surface area contributed by atoms with Crippen molar-refractivity contribution in [2.45, 2.75) is 39.3 Å². The van der Waals surface area contributed by atoms with Crippen LogP contribution in [0.5, 0.6) is 11.9 Å². The molecule has 2 amide bonds. The van der Waals surface area contributed by atoms with Crippen LogP contribution in [0.3, 0.4) is 0 Å². The topological polar surface area (TPSA) is 124 Å². The molecule has 3 aromatic heterocycles. The van der Waals surface area contributed by atoms with Crippen molar-refractivity contribution < 1.29 is 19.1 Å². The first-order chi connectivity index (χ1) is 19.1. The van der Waals surface area contributed by atoms with Gasteiger partial charge in [0.25, 0.3) is 11.8 Å². The highest BCUT2D eigenvalue weighted by Crippen LogP contribution is 2.55. The van der Waals surface area contributed by atoms with Crippen molar-refractivity contribution in [2.24, 2.45) is 0 Å². The second-order valence-electron chi connectivity index (χ2n) is 9.99. The summed E-state index contributed by atoms with van der Waals surface area (Å²) in [6, 6.07) is 6.92. The lowest BCUT2D eigenvalue weighted by Gasteiger charge is -2.36. The van der Waals surface area contributed by atoms with Gasteiger partial charge < -0.3 is 19.4 Å². The van der Waals surface area contributed by atoms with Crippen molar-refractivity contribution >= 4 is 34.8 Å². The Balaban J connectivity index is 1.73. The second kappa shape index (κ2) is 9.02. The van der Waals surface area contributed by atoms with E-state index in [4.69, 9.17) is 26.1 Å². The van der Waals surface area contributed by atoms with Gasteiger partial charge in [-0.05, 0) is 51.5 Å². The number of nitrogens with one attached hydrogen (secondary N) is 1. The fraction of sp³-hybridized carbons (Fsp3) is 0.286. The van der Waals surface area contributed by atoms with E-state index >= 15 is 0 Å². The molecule has 1 N–H and O–H groups in total. The van der Waals surface area contributed by atoms with E-state index in [0.29, 0.717) is 44.7 Å². The van der Waals surface area contributed by atoms with Gasteiger partial charge in [-0.3, -0.25) is 19.5 Å². The number of fused-ring (bicyclic) bond motifs is 4. The van der Waals surface area contributed by atoms with Gasteiger partial charge in [0.1, 0.15) is 5.82 Å². The number of rotatable bonds is 5. The van der Waals surface area contributed by atoms with Crippen molar-refractivity contribution in [3.8, 4) is 23.3 Å². The zero-order valence-corrected chi connectivity index (χ0v) is 23.5. The molecule has 1 atom stereocenters. The predicted octanol–water partition coefficient (Wildman–Crippen LogP) is 4.46. The Morgan fingerprint density at radius 1 is 1.02 bits per heavy atom. The number of hydrogen-bond acceptors (Lipinski definition) is 8. The van der Waals surface area contributed by atoms with E-state index in [1.807, 2.05) is 38.3 Å². The van der Waals surface area contributed by atoms with Crippen molar-refractivity contribution in [3.63, 3.8) is 0 Å². The molecule has 12 heteroatoms. The third-order valence-electron chi connectivity index (χ3n) is 7.25. The Hall–Kier alpha value is -4.51. The predicted molar refractivity (Wildman–Crippen MR) is 148 cm³/mol. The lowest BCUT2D eigenvalue weighted by molar-refractivity contribution is -0.119. The monoisotopic (exact) mass is 559 g/mol. The molecule has 0 bridgehead atoms. The molecule has 0 saturated heterocycles. The molecule has 1 unspecified atom stereocenters. The molecule has 2 aliphatic heterocycles. The first kappa shape index (κ1) is 25.8. The van der Waals surface area contributed by atoms with Gasteiger partial charge in [-0.1, -0.05) is 17.7 Å². The largest absolute Gasteiger partial charge is 0.480 e. The fourth-order valence-electron chi connectivity index (χ4n) is 5.61. The standard InChI is InChI=1S/C28H26ClN7O4/c1-13(2)35-22-21(33-23(35)17-12-31-27(40-6)34-24(17)39-5)25(37)36(20-9-14(3)11-30-15(20)4)28(22)18-8-7-16(29)10-19(18)32-26(28)38/h7-13H,1-6H3,(H,32,38). The third-order valence-corrected chi connectivity index (χ3v) is 7.48. The summed E-state index contributed by atoms with van der Waals surface area (Å²) in [7, 11) is 2.94. The summed E-state index contributed by atoms with van der Waals surface area (Å²) in [5.74, 6) is -0.222. The smallest absolute Gasteiger partial charge is 0.319 e. The van der Waals surface area contributed by atoms with Gasteiger partial charge in [0.2, 0.25) is 5.88 Å². The summed E-state index contributed by atoms with van der Waals surface area (Å²) in [4.78, 5) is 48.2. The van der Waals surface area contributed by atoms with Crippen LogP contribution in [-0.4, -0.2) is 50.5 Å². The molecule has 2 aliphatic rings. The minimum atomic E-state index is -1.58. The van der Waals surface area contributed by atoms with Crippen LogP contribution in [0.15, 0.2) is 36.7 Å². The Kier molecular flexibility index (Phi) is 5.81. The molecule has 0 fully saturated rings. The van der Waals surface area contributed by atoms with E-state index in [9.17, 15) is 9.59 Å². The van der Waals surface area contributed by atoms with E-state index in [1.54, 1.807) is 24.4 Å². The number of halogens is 1. The lowest BCUT2D eigenvalue weighted by Crippen LogP contribution is -2.51. The molecule has 4 aromatic rings. The summed E-state index contributed by atoms with van der Waals surface area (Å²) < 4.78 is 12.6. The minimum absolute atomic E-state index is 0.123. The maximum atomic E-state index is 14.5. The van der Waals surface area contributed by atoms with Crippen LogP contribution in [-0.2, 0) is 10.3 Å². The van der Waals surface area contributed by atoms with Crippen LogP contribution in [0.25, 0.3) is 11.4 Å². The number of pyridine rings is 1. The Morgan fingerprint density at radius 3 is 2.50 bits per heavy atom. The fourth-order valence-corrected chi connectivity index (χ4v) is 5.78. The Bertz CT molecular complexity index is 1730. The molecule has 0 radical (unpaired) electrons. The number of imidazole rings is 1. The maximum Gasteiger partial charge on any atom is 0.319 e. The second-order valence-corrected chi connectivity index (χ2v) is 10.4. The van der Waals surface area contributed by atoms with Crippen molar-refractivity contribution in [2.75, 3.05) is 24.4 Å². The maximum absolute atomic E-state index is 14.5. The number of aromatic nitrogens is 5. The van der Waals surface area contributed by atoms with E-state index in [2.05, 4.69) is 20.3 Å². The molecule has 40 heavy (non-hydrogen) atoms. The number of carbonyl (C=O) groups is 2. The van der Waals surface area contributed by atoms with Gasteiger partial charge in [0.15, 0.2) is 11.2 Å². The van der Waals surface area contributed by atoms with Crippen LogP contribution in [0.1, 0.15) is 52.9 Å². The summed E-state index contributed by atoms with van der Waals surface area (Å²) >= 11 is 6.32. The average Bonchev–Trinajstić information content (AvgIpc) is 3.53. The molecule has 5 heterocycles. The number of aryl methyl sites for hydroxylation is 2. The number of carbonyl (C=O) groups excluding carboxylic acids is 2. The number of hydrogen-bond donors (Lipinski definition) is 1. The first-order valence-corrected chi connectivity index (χ1v) is 13.0. The molecule has 11 nitrogen and oxygen atoms in total. The van der Waals surface area contributed by atoms with Crippen molar-refractivity contribution in [1.82, 2.24) is 24.5 Å². The van der Waals surface area contributed by atoms with Crippen LogP contribution in [0.2, 0.25) is 5.02 Å². The van der Waals surface area contributed by atoms with E-state index in [0.717, 1.165) is 5.56 Å². The molecule has 1 aromatic carbocycles. The van der Waals surface area contributed by atoms with E-state index in [1.165, 1.54) is 25.3 Å². The SMILES string of the molecule is COc1ncc(-c2nc3c(n2C(C)C)C2(C(=O)Nc4cc(Cl)ccc42)N(c2cc(C)cnc2C)C3=O)c(OC)n1. The zero-order valence-electron chi connectivity index (χ0n) is 22.7. The van der Waals surface area contributed by atoms with E-state index in [-0.39, 0.29) is 23.6 Å². The number of ether oxygens (including phenoxy) is 2. The highest BCUT2D eigenvalue weighted by molar-refractivity contribution is 6.31. The van der Waals surface area contributed by atoms with Gasteiger partial charge >= 0.3 is 6.01 Å². The molecule has 204 valence electrons. The van der Waals surface area contributed by atoms with Gasteiger partial charge in [-0.2, -0.15) is 4.98 Å². The van der Waals surface area contributed by atoms with Crippen LogP contribution < -0.4 is 19.7 Å². The summed E-state index contributed by atoms with van der Waals surface area (Å²) in [6.07, 6.45) is 3.26.